The van der Waals surface area contributed by atoms with Crippen LogP contribution in [-0.4, -0.2) is 5.97 Å². The number of thiol groups is 1. The summed E-state index contributed by atoms with van der Waals surface area (Å²) in [4.78, 5) is 19.1. The van der Waals surface area contributed by atoms with Gasteiger partial charge < -0.3 is 4.74 Å². The maximum Gasteiger partial charge on any atom is 0.316 e. The molecule has 0 atom stereocenters. The van der Waals surface area contributed by atoms with E-state index in [4.69, 9.17) is 4.74 Å². The fourth-order valence-electron chi connectivity index (χ4n) is 3.04. The Kier molecular flexibility index (Phi) is 5.26. The number of rotatable bonds is 4. The van der Waals surface area contributed by atoms with Gasteiger partial charge >= 0.3 is 5.97 Å². The van der Waals surface area contributed by atoms with Crippen LogP contribution in [0.2, 0.25) is 0 Å². The first kappa shape index (κ1) is 19.2. The van der Waals surface area contributed by atoms with Crippen LogP contribution in [0.25, 0.3) is 0 Å². The molecule has 0 fully saturated rings. The molecule has 3 aromatic rings. The van der Waals surface area contributed by atoms with E-state index in [9.17, 15) is 4.79 Å². The van der Waals surface area contributed by atoms with E-state index in [0.717, 1.165) is 6.42 Å². The molecule has 144 valence electrons. The first-order chi connectivity index (χ1) is 13.5. The third-order valence-corrected chi connectivity index (χ3v) is 9.19. The SMILES string of the molecule is CCC(C)(C)C(=O)Oc1ccc([SH]2c3ccccc3Sc3ccccc32)cc1. The zero-order valence-electron chi connectivity index (χ0n) is 16.3. The van der Waals surface area contributed by atoms with Gasteiger partial charge in [0.2, 0.25) is 0 Å². The minimum atomic E-state index is -0.618. The van der Waals surface area contributed by atoms with Crippen molar-refractivity contribution in [3.8, 4) is 5.75 Å². The fourth-order valence-corrected chi connectivity index (χ4v) is 7.06. The first-order valence-electron chi connectivity index (χ1n) is 9.48. The van der Waals surface area contributed by atoms with Crippen molar-refractivity contribution < 1.29 is 9.53 Å². The van der Waals surface area contributed by atoms with Crippen LogP contribution >= 0.6 is 22.7 Å². The lowest BCUT2D eigenvalue weighted by molar-refractivity contribution is -0.144. The molecule has 4 heteroatoms. The number of esters is 1. The van der Waals surface area contributed by atoms with E-state index >= 15 is 0 Å². The molecule has 1 aliphatic heterocycles. The average Bonchev–Trinajstić information content (AvgIpc) is 2.72. The Morgan fingerprint density at radius 3 is 1.96 bits per heavy atom. The molecule has 0 radical (unpaired) electrons. The zero-order valence-corrected chi connectivity index (χ0v) is 18.0. The molecular weight excluding hydrogens is 384 g/mol. The van der Waals surface area contributed by atoms with Crippen molar-refractivity contribution in [3.63, 3.8) is 0 Å². The molecule has 1 aliphatic rings. The van der Waals surface area contributed by atoms with Crippen molar-refractivity contribution in [3.05, 3.63) is 72.8 Å². The van der Waals surface area contributed by atoms with Crippen molar-refractivity contribution in [2.24, 2.45) is 5.41 Å². The third kappa shape index (κ3) is 3.59. The molecule has 4 rings (SSSR count). The number of carbonyl (C=O) groups excluding carboxylic acids is 1. The summed E-state index contributed by atoms with van der Waals surface area (Å²) in [6, 6.07) is 25.4. The Bertz CT molecular complexity index is 964. The molecule has 0 saturated carbocycles. The predicted octanol–water partition coefficient (Wildman–Crippen LogP) is 6.97. The number of hydrogen-bond acceptors (Lipinski definition) is 3. The van der Waals surface area contributed by atoms with Gasteiger partial charge in [-0.25, -0.2) is 0 Å². The first-order valence-corrected chi connectivity index (χ1v) is 11.6. The number of ether oxygens (including phenoxy) is 1. The molecule has 1 heterocycles. The molecule has 0 aromatic heterocycles. The quantitative estimate of drug-likeness (QED) is 0.224. The molecule has 0 bridgehead atoms. The number of carbonyl (C=O) groups is 1. The van der Waals surface area contributed by atoms with Gasteiger partial charge in [-0.1, -0.05) is 43.0 Å². The number of hydrogen-bond donors (Lipinski definition) is 1. The monoisotopic (exact) mass is 408 g/mol. The van der Waals surface area contributed by atoms with E-state index < -0.39 is 16.3 Å². The highest BCUT2D eigenvalue weighted by atomic mass is 32.2. The molecule has 0 spiro atoms. The standard InChI is InChI=1S/C24H24O2S2/c1-4-24(2,3)23(25)26-17-13-15-18(16-14-17)28-21-11-7-5-9-19(21)27-20-10-6-8-12-22(20)28/h5-16,28H,4H2,1-3H3. The van der Waals surface area contributed by atoms with E-state index in [1.54, 1.807) is 0 Å². The van der Waals surface area contributed by atoms with Crippen LogP contribution in [0.15, 0.2) is 97.3 Å². The Hall–Kier alpha value is -2.17. The third-order valence-electron chi connectivity index (χ3n) is 5.17. The predicted molar refractivity (Wildman–Crippen MR) is 117 cm³/mol. The maximum absolute atomic E-state index is 12.4. The fraction of sp³-hybridized carbons (Fsp3) is 0.208. The van der Waals surface area contributed by atoms with Gasteiger partial charge in [-0.2, -0.15) is 10.9 Å². The van der Waals surface area contributed by atoms with Gasteiger partial charge in [-0.15, -0.1) is 0 Å². The molecular formula is C24H24O2S2. The summed E-state index contributed by atoms with van der Waals surface area (Å²) < 4.78 is 5.62. The molecule has 28 heavy (non-hydrogen) atoms. The molecule has 0 aliphatic carbocycles. The van der Waals surface area contributed by atoms with Crippen molar-refractivity contribution in [2.75, 3.05) is 0 Å². The Morgan fingerprint density at radius 1 is 0.893 bits per heavy atom. The molecule has 3 aromatic carbocycles. The molecule has 0 saturated heterocycles. The van der Waals surface area contributed by atoms with Crippen LogP contribution in [0, 0.1) is 5.41 Å². The normalized spacial score (nSPS) is 14.2. The van der Waals surface area contributed by atoms with E-state index in [0.29, 0.717) is 5.75 Å². The Morgan fingerprint density at radius 2 is 1.43 bits per heavy atom. The summed E-state index contributed by atoms with van der Waals surface area (Å²) in [6.07, 6.45) is 0.750. The van der Waals surface area contributed by atoms with Crippen LogP contribution in [0.4, 0.5) is 0 Å². The van der Waals surface area contributed by atoms with Crippen molar-refractivity contribution in [1.82, 2.24) is 0 Å². The minimum Gasteiger partial charge on any atom is -0.426 e. The molecule has 2 nitrogen and oxygen atoms in total. The highest BCUT2D eigenvalue weighted by molar-refractivity contribution is 8.18. The lowest BCUT2D eigenvalue weighted by Gasteiger charge is -2.31. The summed E-state index contributed by atoms with van der Waals surface area (Å²) in [5.74, 6) is 0.427. The van der Waals surface area contributed by atoms with Crippen LogP contribution < -0.4 is 4.74 Å². The van der Waals surface area contributed by atoms with Crippen molar-refractivity contribution >= 4 is 28.6 Å². The topological polar surface area (TPSA) is 26.3 Å². The van der Waals surface area contributed by atoms with Crippen molar-refractivity contribution in [1.29, 1.82) is 0 Å². The minimum absolute atomic E-state index is 0.182. The summed E-state index contributed by atoms with van der Waals surface area (Å²) in [5, 5.41) is 0. The second-order valence-electron chi connectivity index (χ2n) is 7.49. The zero-order chi connectivity index (χ0) is 19.7. The van der Waals surface area contributed by atoms with Gasteiger partial charge in [0, 0.05) is 19.6 Å². The number of benzene rings is 3. The second-order valence-corrected chi connectivity index (χ2v) is 10.7. The summed E-state index contributed by atoms with van der Waals surface area (Å²) >= 11 is 1.84. The van der Waals surface area contributed by atoms with E-state index in [-0.39, 0.29) is 5.97 Å². The van der Waals surface area contributed by atoms with Crippen molar-refractivity contribution in [2.45, 2.75) is 51.7 Å². The van der Waals surface area contributed by atoms with Crippen LogP contribution in [0.1, 0.15) is 27.2 Å². The molecule has 0 amide bonds. The van der Waals surface area contributed by atoms with Crippen LogP contribution in [0.5, 0.6) is 5.75 Å². The van der Waals surface area contributed by atoms with Gasteiger partial charge in [0.25, 0.3) is 0 Å². The highest BCUT2D eigenvalue weighted by Crippen LogP contribution is 2.61. The smallest absolute Gasteiger partial charge is 0.316 e. The average molecular weight is 409 g/mol. The van der Waals surface area contributed by atoms with E-state index in [1.165, 1.54) is 24.5 Å². The Balaban J connectivity index is 1.68. The molecule has 0 unspecified atom stereocenters. The second kappa shape index (κ2) is 7.69. The lowest BCUT2D eigenvalue weighted by atomic mass is 9.91. The maximum atomic E-state index is 12.4. The van der Waals surface area contributed by atoms with Gasteiger partial charge in [0.15, 0.2) is 0 Å². The summed E-state index contributed by atoms with van der Waals surface area (Å²) in [7, 11) is -0.618. The largest absolute Gasteiger partial charge is 0.426 e. The Labute approximate surface area is 173 Å². The van der Waals surface area contributed by atoms with Crippen LogP contribution in [-0.2, 0) is 4.79 Å². The van der Waals surface area contributed by atoms with Gasteiger partial charge in [0.1, 0.15) is 5.75 Å². The summed E-state index contributed by atoms with van der Waals surface area (Å²) in [5.41, 5.74) is -0.471. The van der Waals surface area contributed by atoms with Crippen LogP contribution in [0.3, 0.4) is 0 Å². The van der Waals surface area contributed by atoms with Gasteiger partial charge in [-0.3, -0.25) is 4.79 Å². The lowest BCUT2D eigenvalue weighted by Crippen LogP contribution is -2.28. The summed E-state index contributed by atoms with van der Waals surface area (Å²) in [6.45, 7) is 5.84. The van der Waals surface area contributed by atoms with E-state index in [1.807, 2.05) is 44.7 Å². The van der Waals surface area contributed by atoms with Gasteiger partial charge in [0.05, 0.1) is 5.41 Å². The van der Waals surface area contributed by atoms with E-state index in [2.05, 4.69) is 60.7 Å². The highest BCUT2D eigenvalue weighted by Gasteiger charge is 2.28. The number of fused-ring (bicyclic) bond motifs is 2. The van der Waals surface area contributed by atoms with Gasteiger partial charge in [-0.05, 0) is 73.7 Å². The molecule has 0 N–H and O–H groups in total.